The number of aryl methyl sites for hydroxylation is 2. The molecule has 92 heavy (non-hydrogen) atoms. The van der Waals surface area contributed by atoms with Crippen LogP contribution in [0.15, 0.2) is 173 Å². The Balaban J connectivity index is 0.000000176. The summed E-state index contributed by atoms with van der Waals surface area (Å²) in [7, 11) is -4.15. The van der Waals surface area contributed by atoms with Gasteiger partial charge in [0.25, 0.3) is 11.1 Å². The highest BCUT2D eigenvalue weighted by atomic mass is 79.9. The normalized spacial score (nSPS) is 12.4. The summed E-state index contributed by atoms with van der Waals surface area (Å²) in [5.41, 5.74) is 6.35. The number of halogens is 3. The Hall–Kier alpha value is -8.76. The second kappa shape index (κ2) is 28.4. The van der Waals surface area contributed by atoms with Gasteiger partial charge in [0.1, 0.15) is 71.7 Å². The molecule has 0 saturated heterocycles. The molecule has 12 rings (SSSR count). The third-order valence-electron chi connectivity index (χ3n) is 15.4. The molecule has 0 fully saturated rings. The molecule has 0 aliphatic heterocycles. The van der Waals surface area contributed by atoms with Crippen LogP contribution in [0, 0.1) is 25.5 Å². The summed E-state index contributed by atoms with van der Waals surface area (Å²) in [6.45, 7) is 23.7. The van der Waals surface area contributed by atoms with Gasteiger partial charge in [0.2, 0.25) is 0 Å². The molecule has 0 saturated carbocycles. The molecule has 0 unspecified atom stereocenters. The van der Waals surface area contributed by atoms with Crippen molar-refractivity contribution in [2.45, 2.75) is 105 Å². The minimum Gasteiger partial charge on any atom is -0.423 e. The van der Waals surface area contributed by atoms with Gasteiger partial charge in [-0.3, -0.25) is 18.7 Å². The lowest BCUT2D eigenvalue weighted by Gasteiger charge is -2.20. The van der Waals surface area contributed by atoms with E-state index < -0.39 is 35.1 Å². The first-order valence-corrected chi connectivity index (χ1v) is 38.4. The van der Waals surface area contributed by atoms with Gasteiger partial charge in [0.15, 0.2) is 11.6 Å². The van der Waals surface area contributed by atoms with Gasteiger partial charge < -0.3 is 39.3 Å². The summed E-state index contributed by atoms with van der Waals surface area (Å²) in [6, 6.07) is 36.3. The van der Waals surface area contributed by atoms with E-state index in [2.05, 4.69) is 85.8 Å². The smallest absolute Gasteiger partial charge is 0.423 e. The molecule has 0 spiro atoms. The lowest BCUT2D eigenvalue weighted by Crippen LogP contribution is -2.32. The van der Waals surface area contributed by atoms with E-state index in [1.807, 2.05) is 134 Å². The number of ether oxygens (including phenoxy) is 2. The van der Waals surface area contributed by atoms with Crippen molar-refractivity contribution in [1.82, 2.24) is 57.4 Å². The van der Waals surface area contributed by atoms with E-state index in [1.165, 1.54) is 36.7 Å². The van der Waals surface area contributed by atoms with Crippen LogP contribution >= 0.6 is 15.9 Å². The highest BCUT2D eigenvalue weighted by Gasteiger charge is 2.26. The molecule has 20 nitrogen and oxygen atoms in total. The summed E-state index contributed by atoms with van der Waals surface area (Å²) in [5.74, 6) is 1.27. The van der Waals surface area contributed by atoms with Crippen LogP contribution in [0.2, 0.25) is 51.4 Å². The molecule has 0 aliphatic rings. The molecule has 4 aromatic carbocycles. The number of hydrogen-bond donors (Lipinski definition) is 4. The van der Waals surface area contributed by atoms with E-state index in [0.717, 1.165) is 51.0 Å². The molecule has 2 atom stereocenters. The first kappa shape index (κ1) is 66.2. The van der Waals surface area contributed by atoms with Gasteiger partial charge >= 0.3 is 7.12 Å². The zero-order chi connectivity index (χ0) is 65.6. The van der Waals surface area contributed by atoms with Crippen molar-refractivity contribution in [1.29, 1.82) is 0 Å². The van der Waals surface area contributed by atoms with Gasteiger partial charge in [0.05, 0.1) is 34.2 Å². The Kier molecular flexibility index (Phi) is 20.4. The average molecular weight is 1340 g/mol. The van der Waals surface area contributed by atoms with Gasteiger partial charge in [0, 0.05) is 75.2 Å². The molecule has 476 valence electrons. The Labute approximate surface area is 541 Å². The zero-order valence-electron chi connectivity index (χ0n) is 53.0. The number of para-hydroxylation sites is 2. The van der Waals surface area contributed by atoms with E-state index in [9.17, 15) is 14.0 Å². The van der Waals surface area contributed by atoms with Crippen molar-refractivity contribution in [3.05, 3.63) is 218 Å². The Morgan fingerprint density at radius 3 is 1.46 bits per heavy atom. The molecule has 0 aliphatic carbocycles. The standard InChI is InChI=1S/C33H36FN7O2Si.C27H32BrN7O2Si.C6H6BFO2/c1-22-15-16-40-29(22)33(42)41(24-11-7-6-8-12-24)31(38-40)23(2)37-30-28-26(25-13-9-10-14-27(25)34)19-39(32(28)36-20-35-30)21-43-17-18-44(3,4)5;1-18-11-12-34-23(18)27(36)35(20-9-7-6-8-10-20)25(32-34)19(2)31-24-22-21(28)15-33(26(22)30-16-29-24)17-37-13-14-38(3,4)5;8-6-4-2-1-3-5(6)7(9)10/h6-16,19-20,23H,17-18,21H2,1-5H3,(H,35,36,37);6-12,15-16,19H,13-14,17H2,1-5H3,(H,29,30,31);1-4,9-10H/t23-;19-;/m00./s1. The molecular formula is C66H74BBrF2N14O6Si2. The summed E-state index contributed by atoms with van der Waals surface area (Å²) in [4.78, 5) is 45.8. The van der Waals surface area contributed by atoms with Crippen LogP contribution in [-0.4, -0.2) is 104 Å². The Morgan fingerprint density at radius 2 is 1.00 bits per heavy atom. The van der Waals surface area contributed by atoms with Crippen LogP contribution in [0.25, 0.3) is 55.6 Å². The van der Waals surface area contributed by atoms with Crippen molar-refractivity contribution in [3.8, 4) is 22.5 Å². The van der Waals surface area contributed by atoms with Crippen molar-refractivity contribution < 1.29 is 28.3 Å². The first-order valence-electron chi connectivity index (χ1n) is 30.2. The largest absolute Gasteiger partial charge is 0.491 e. The number of fused-ring (bicyclic) bond motifs is 4. The number of anilines is 2. The minimum absolute atomic E-state index is 0.0949. The maximum absolute atomic E-state index is 15.2. The third kappa shape index (κ3) is 14.9. The highest BCUT2D eigenvalue weighted by Crippen LogP contribution is 2.37. The van der Waals surface area contributed by atoms with Crippen molar-refractivity contribution in [3.63, 3.8) is 0 Å². The summed E-state index contributed by atoms with van der Waals surface area (Å²) >= 11 is 3.69. The lowest BCUT2D eigenvalue weighted by atomic mass is 9.80. The van der Waals surface area contributed by atoms with Crippen molar-refractivity contribution in [2.24, 2.45) is 0 Å². The summed E-state index contributed by atoms with van der Waals surface area (Å²) < 4.78 is 51.1. The number of hydrogen-bond acceptors (Lipinski definition) is 14. The molecule has 0 radical (unpaired) electrons. The van der Waals surface area contributed by atoms with Gasteiger partial charge in [-0.1, -0.05) is 112 Å². The number of nitrogens with zero attached hydrogens (tertiary/aromatic N) is 12. The fourth-order valence-electron chi connectivity index (χ4n) is 10.5. The first-order chi connectivity index (χ1) is 44.0. The van der Waals surface area contributed by atoms with Gasteiger partial charge in [-0.05, 0) is 115 Å². The van der Waals surface area contributed by atoms with Crippen LogP contribution in [0.1, 0.15) is 48.7 Å². The Bertz CT molecular complexity index is 4680. The second-order valence-electron chi connectivity index (χ2n) is 24.9. The molecule has 8 aromatic heterocycles. The number of aromatic nitrogens is 12. The number of rotatable bonds is 20. The third-order valence-corrected chi connectivity index (χ3v) is 19.4. The summed E-state index contributed by atoms with van der Waals surface area (Å²) in [5, 5.41) is 35.2. The molecule has 26 heteroatoms. The highest BCUT2D eigenvalue weighted by molar-refractivity contribution is 9.10. The van der Waals surface area contributed by atoms with Crippen LogP contribution in [0.3, 0.4) is 0 Å². The fraction of sp³-hybridized carbons (Fsp3) is 0.273. The molecular weight excluding hydrogens is 1270 g/mol. The van der Waals surface area contributed by atoms with E-state index in [4.69, 9.17) is 29.7 Å². The fourth-order valence-corrected chi connectivity index (χ4v) is 12.6. The lowest BCUT2D eigenvalue weighted by molar-refractivity contribution is 0.0897. The molecule has 0 amide bonds. The van der Waals surface area contributed by atoms with Gasteiger partial charge in [-0.15, -0.1) is 0 Å². The van der Waals surface area contributed by atoms with Crippen LogP contribution in [-0.2, 0) is 22.9 Å². The monoisotopic (exact) mass is 1340 g/mol. The molecule has 8 heterocycles. The van der Waals surface area contributed by atoms with E-state index >= 15 is 4.39 Å². The zero-order valence-corrected chi connectivity index (χ0v) is 56.6. The van der Waals surface area contributed by atoms with Crippen molar-refractivity contribution >= 4 is 89.4 Å². The van der Waals surface area contributed by atoms with Crippen LogP contribution < -0.4 is 27.2 Å². The second-order valence-corrected chi connectivity index (χ2v) is 37.0. The predicted octanol–water partition coefficient (Wildman–Crippen LogP) is 12.1. The van der Waals surface area contributed by atoms with Crippen LogP contribution in [0.4, 0.5) is 20.4 Å². The minimum atomic E-state index is -1.72. The maximum Gasteiger partial charge on any atom is 0.491 e. The van der Waals surface area contributed by atoms with Crippen molar-refractivity contribution in [2.75, 3.05) is 23.8 Å². The average Bonchev–Trinajstić information content (AvgIpc) is 1.51. The number of nitrogens with one attached hydrogen (secondary N) is 2. The van der Waals surface area contributed by atoms with E-state index in [-0.39, 0.29) is 35.2 Å². The topological polar surface area (TPSA) is 223 Å². The molecule has 4 N–H and O–H groups in total. The quantitative estimate of drug-likeness (QED) is 0.0412. The van der Waals surface area contributed by atoms with Gasteiger partial charge in [-0.2, -0.15) is 10.2 Å². The van der Waals surface area contributed by atoms with Gasteiger partial charge in [-0.25, -0.2) is 37.7 Å². The number of benzene rings is 4. The van der Waals surface area contributed by atoms with Crippen LogP contribution in [0.5, 0.6) is 0 Å². The van der Waals surface area contributed by atoms with E-state index in [0.29, 0.717) is 75.5 Å². The molecule has 0 bridgehead atoms. The Morgan fingerprint density at radius 1 is 0.565 bits per heavy atom. The van der Waals surface area contributed by atoms with E-state index in [1.54, 1.807) is 42.8 Å². The predicted molar refractivity (Wildman–Crippen MR) is 368 cm³/mol. The SMILES string of the molecule is Cc1ccn2nc([C@H](C)Nc3ncnc4c3c(-c3ccccc3F)cn4COCC[Si](C)(C)C)n(-c3ccccc3)c(=O)c12.Cc1ccn2nc([C@H](C)Nc3ncnc4c3c(Br)cn4COCC[Si](C)(C)C)n(-c3ccccc3)c(=O)c12.OB(O)c1ccccc1F. The summed E-state index contributed by atoms with van der Waals surface area (Å²) in [6.07, 6.45) is 10.5. The molecule has 12 aromatic rings. The maximum atomic E-state index is 15.2.